The average molecular weight is 266 g/mol. The molecule has 0 atom stereocenters. The molecule has 104 valence electrons. The fourth-order valence-corrected chi connectivity index (χ4v) is 1.84. The van der Waals surface area contributed by atoms with Gasteiger partial charge in [-0.15, -0.1) is 0 Å². The Balaban J connectivity index is 2.22. The van der Waals surface area contributed by atoms with E-state index in [1.54, 1.807) is 14.0 Å². The van der Waals surface area contributed by atoms with Crippen LogP contribution in [-0.2, 0) is 9.47 Å². The molecule has 0 aromatic carbocycles. The number of nitrogens with zero attached hydrogens (tertiary/aromatic N) is 3. The molecule has 19 heavy (non-hydrogen) atoms. The number of hydrogen-bond acceptors (Lipinski definition) is 7. The maximum Gasteiger partial charge on any atom is 0.343 e. The van der Waals surface area contributed by atoms with Gasteiger partial charge in [0.1, 0.15) is 11.4 Å². The highest BCUT2D eigenvalue weighted by atomic mass is 16.5. The molecule has 1 aromatic rings. The Bertz CT molecular complexity index is 447. The topological polar surface area (TPSA) is 76.6 Å². The number of anilines is 2. The molecule has 0 spiro atoms. The van der Waals surface area contributed by atoms with Crippen molar-refractivity contribution < 1.29 is 14.3 Å². The Labute approximate surface area is 111 Å². The number of nitrogens with one attached hydrogen (secondary N) is 1. The number of carbonyl (C=O) groups excluding carboxylic acids is 1. The first-order valence-electron chi connectivity index (χ1n) is 6.31. The summed E-state index contributed by atoms with van der Waals surface area (Å²) in [4.78, 5) is 22.4. The molecular weight excluding hydrogens is 248 g/mol. The SMILES string of the molecule is CCOC(=O)c1cnc(N2CCOCC2)nc1NC. The Morgan fingerprint density at radius 3 is 2.89 bits per heavy atom. The lowest BCUT2D eigenvalue weighted by Gasteiger charge is -2.27. The lowest BCUT2D eigenvalue weighted by atomic mass is 10.3. The predicted molar refractivity (Wildman–Crippen MR) is 70.6 cm³/mol. The molecule has 1 N–H and O–H groups in total. The highest BCUT2D eigenvalue weighted by Gasteiger charge is 2.19. The first kappa shape index (κ1) is 13.5. The molecule has 1 aromatic heterocycles. The summed E-state index contributed by atoms with van der Waals surface area (Å²) >= 11 is 0. The van der Waals surface area contributed by atoms with Crippen molar-refractivity contribution in [1.82, 2.24) is 9.97 Å². The van der Waals surface area contributed by atoms with Crippen LogP contribution in [0.4, 0.5) is 11.8 Å². The largest absolute Gasteiger partial charge is 0.462 e. The molecule has 7 nitrogen and oxygen atoms in total. The van der Waals surface area contributed by atoms with Crippen LogP contribution in [0.5, 0.6) is 0 Å². The molecular formula is C12H18N4O3. The molecule has 1 fully saturated rings. The van der Waals surface area contributed by atoms with Crippen molar-refractivity contribution >= 4 is 17.7 Å². The maximum atomic E-state index is 11.7. The molecule has 0 amide bonds. The Morgan fingerprint density at radius 1 is 1.53 bits per heavy atom. The van der Waals surface area contributed by atoms with Gasteiger partial charge in [-0.3, -0.25) is 0 Å². The van der Waals surface area contributed by atoms with Gasteiger partial charge in [-0.2, -0.15) is 4.98 Å². The summed E-state index contributed by atoms with van der Waals surface area (Å²) in [5.41, 5.74) is 0.348. The first-order chi connectivity index (χ1) is 9.26. The normalized spacial score (nSPS) is 15.2. The summed E-state index contributed by atoms with van der Waals surface area (Å²) in [5, 5.41) is 2.90. The van der Waals surface area contributed by atoms with E-state index in [2.05, 4.69) is 15.3 Å². The van der Waals surface area contributed by atoms with Gasteiger partial charge in [0.25, 0.3) is 0 Å². The molecule has 0 radical (unpaired) electrons. The smallest absolute Gasteiger partial charge is 0.343 e. The lowest BCUT2D eigenvalue weighted by molar-refractivity contribution is 0.0526. The zero-order valence-electron chi connectivity index (χ0n) is 11.2. The third kappa shape index (κ3) is 3.11. The van der Waals surface area contributed by atoms with Crippen molar-refractivity contribution in [2.75, 3.05) is 50.2 Å². The van der Waals surface area contributed by atoms with Crippen LogP contribution < -0.4 is 10.2 Å². The van der Waals surface area contributed by atoms with Crippen LogP contribution in [0.2, 0.25) is 0 Å². The molecule has 0 unspecified atom stereocenters. The van der Waals surface area contributed by atoms with E-state index in [9.17, 15) is 4.79 Å². The van der Waals surface area contributed by atoms with Crippen molar-refractivity contribution in [1.29, 1.82) is 0 Å². The van der Waals surface area contributed by atoms with Crippen LogP contribution in [0.1, 0.15) is 17.3 Å². The van der Waals surface area contributed by atoms with Crippen molar-refractivity contribution in [3.63, 3.8) is 0 Å². The van der Waals surface area contributed by atoms with Gasteiger partial charge in [0.2, 0.25) is 5.95 Å². The standard InChI is InChI=1S/C12H18N4O3/c1-3-19-11(17)9-8-14-12(15-10(9)13-2)16-4-6-18-7-5-16/h8H,3-7H2,1-2H3,(H,13,14,15). The molecule has 1 aliphatic heterocycles. The summed E-state index contributed by atoms with van der Waals surface area (Å²) < 4.78 is 10.2. The van der Waals surface area contributed by atoms with Crippen molar-refractivity contribution in [2.45, 2.75) is 6.92 Å². The van der Waals surface area contributed by atoms with Crippen molar-refractivity contribution in [3.05, 3.63) is 11.8 Å². The Hall–Kier alpha value is -1.89. The molecule has 1 saturated heterocycles. The quantitative estimate of drug-likeness (QED) is 0.797. The van der Waals surface area contributed by atoms with Crippen LogP contribution in [0.25, 0.3) is 0 Å². The van der Waals surface area contributed by atoms with E-state index in [0.717, 1.165) is 13.1 Å². The molecule has 2 heterocycles. The zero-order valence-corrected chi connectivity index (χ0v) is 11.2. The second-order valence-electron chi connectivity index (χ2n) is 4.00. The third-order valence-corrected chi connectivity index (χ3v) is 2.80. The van der Waals surface area contributed by atoms with Crippen LogP contribution in [0, 0.1) is 0 Å². The summed E-state index contributed by atoms with van der Waals surface area (Å²) in [6.45, 7) is 4.92. The second kappa shape index (κ2) is 6.33. The van der Waals surface area contributed by atoms with Crippen LogP contribution in [0.3, 0.4) is 0 Å². The van der Waals surface area contributed by atoms with Crippen LogP contribution >= 0.6 is 0 Å². The van der Waals surface area contributed by atoms with E-state index in [0.29, 0.717) is 37.2 Å². The summed E-state index contributed by atoms with van der Waals surface area (Å²) in [6, 6.07) is 0. The minimum atomic E-state index is -0.416. The van der Waals surface area contributed by atoms with E-state index in [1.807, 2.05) is 4.90 Å². The van der Waals surface area contributed by atoms with Gasteiger partial charge < -0.3 is 19.7 Å². The van der Waals surface area contributed by atoms with Gasteiger partial charge in [-0.1, -0.05) is 0 Å². The minimum absolute atomic E-state index is 0.327. The molecule has 0 saturated carbocycles. The number of ether oxygens (including phenoxy) is 2. The number of rotatable bonds is 4. The average Bonchev–Trinajstić information content (AvgIpc) is 2.47. The molecule has 0 bridgehead atoms. The van der Waals surface area contributed by atoms with E-state index in [-0.39, 0.29) is 0 Å². The van der Waals surface area contributed by atoms with Gasteiger partial charge in [-0.05, 0) is 6.92 Å². The van der Waals surface area contributed by atoms with Gasteiger partial charge >= 0.3 is 5.97 Å². The third-order valence-electron chi connectivity index (χ3n) is 2.80. The molecule has 7 heteroatoms. The monoisotopic (exact) mass is 266 g/mol. The second-order valence-corrected chi connectivity index (χ2v) is 4.00. The number of carbonyl (C=O) groups is 1. The van der Waals surface area contributed by atoms with E-state index >= 15 is 0 Å². The van der Waals surface area contributed by atoms with Crippen molar-refractivity contribution in [2.24, 2.45) is 0 Å². The zero-order chi connectivity index (χ0) is 13.7. The molecule has 1 aliphatic rings. The number of aromatic nitrogens is 2. The van der Waals surface area contributed by atoms with Gasteiger partial charge in [-0.25, -0.2) is 9.78 Å². The number of morpholine rings is 1. The number of esters is 1. The van der Waals surface area contributed by atoms with Crippen LogP contribution in [-0.4, -0.2) is 55.9 Å². The predicted octanol–water partition coefficient (Wildman–Crippen LogP) is 0.532. The maximum absolute atomic E-state index is 11.7. The minimum Gasteiger partial charge on any atom is -0.462 e. The van der Waals surface area contributed by atoms with E-state index in [1.165, 1.54) is 6.20 Å². The van der Waals surface area contributed by atoms with Crippen molar-refractivity contribution in [3.8, 4) is 0 Å². The van der Waals surface area contributed by atoms with Gasteiger partial charge in [0, 0.05) is 26.3 Å². The van der Waals surface area contributed by atoms with Crippen LogP contribution in [0.15, 0.2) is 6.20 Å². The van der Waals surface area contributed by atoms with E-state index < -0.39 is 5.97 Å². The Kier molecular flexibility index (Phi) is 4.51. The fourth-order valence-electron chi connectivity index (χ4n) is 1.84. The first-order valence-corrected chi connectivity index (χ1v) is 6.31. The fraction of sp³-hybridized carbons (Fsp3) is 0.583. The van der Waals surface area contributed by atoms with Gasteiger partial charge in [0.05, 0.1) is 19.8 Å². The highest BCUT2D eigenvalue weighted by Crippen LogP contribution is 2.17. The summed E-state index contributed by atoms with van der Waals surface area (Å²) in [6.07, 6.45) is 1.50. The summed E-state index contributed by atoms with van der Waals surface area (Å²) in [5.74, 6) is 0.663. The summed E-state index contributed by atoms with van der Waals surface area (Å²) in [7, 11) is 1.72. The van der Waals surface area contributed by atoms with Gasteiger partial charge in [0.15, 0.2) is 0 Å². The molecule has 0 aliphatic carbocycles. The highest BCUT2D eigenvalue weighted by molar-refractivity contribution is 5.94. The number of hydrogen-bond donors (Lipinski definition) is 1. The Morgan fingerprint density at radius 2 is 2.26 bits per heavy atom. The molecule has 2 rings (SSSR count). The van der Waals surface area contributed by atoms with E-state index in [4.69, 9.17) is 9.47 Å². The lowest BCUT2D eigenvalue weighted by Crippen LogP contribution is -2.37.